The van der Waals surface area contributed by atoms with Crippen molar-refractivity contribution in [3.63, 3.8) is 0 Å². The van der Waals surface area contributed by atoms with Crippen molar-refractivity contribution in [2.24, 2.45) is 0 Å². The molecule has 3 aromatic rings. The molecule has 1 N–H and O–H groups in total. The van der Waals surface area contributed by atoms with E-state index in [1.807, 2.05) is 36.4 Å². The molecule has 0 radical (unpaired) electrons. The third-order valence-electron chi connectivity index (χ3n) is 5.84. The van der Waals surface area contributed by atoms with Crippen LogP contribution in [0.15, 0.2) is 66.7 Å². The Morgan fingerprint density at radius 2 is 1.62 bits per heavy atom. The van der Waals surface area contributed by atoms with E-state index >= 15 is 0 Å². The SMILES string of the molecule is COc1cc2c(cc1OC)[C@@H](NC(=O)c1ccc(C(F)(F)F)cc1)[C@H](OCc1ccccc1)C2. The van der Waals surface area contributed by atoms with Crippen LogP contribution in [0.5, 0.6) is 11.5 Å². The molecule has 8 heteroatoms. The van der Waals surface area contributed by atoms with Gasteiger partial charge in [0.1, 0.15) is 0 Å². The number of carbonyl (C=O) groups is 1. The number of carbonyl (C=O) groups excluding carboxylic acids is 1. The quantitative estimate of drug-likeness (QED) is 0.506. The minimum atomic E-state index is -4.47. The second kappa shape index (κ2) is 9.77. The largest absolute Gasteiger partial charge is 0.493 e. The van der Waals surface area contributed by atoms with Crippen molar-refractivity contribution in [2.45, 2.75) is 31.3 Å². The van der Waals surface area contributed by atoms with Gasteiger partial charge in [0.05, 0.1) is 38.5 Å². The molecule has 0 bridgehead atoms. The van der Waals surface area contributed by atoms with Crippen molar-refractivity contribution in [3.05, 3.63) is 94.5 Å². The average Bonchev–Trinajstić information content (AvgIpc) is 3.17. The molecule has 0 aromatic heterocycles. The number of benzene rings is 3. The van der Waals surface area contributed by atoms with Crippen LogP contribution < -0.4 is 14.8 Å². The molecule has 3 aromatic carbocycles. The molecule has 1 amide bonds. The molecule has 0 unspecified atom stereocenters. The molecule has 0 saturated heterocycles. The number of alkyl halides is 3. The van der Waals surface area contributed by atoms with Crippen molar-refractivity contribution in [3.8, 4) is 11.5 Å². The van der Waals surface area contributed by atoms with Gasteiger partial charge in [0.15, 0.2) is 11.5 Å². The lowest BCUT2D eigenvalue weighted by Gasteiger charge is -2.23. The van der Waals surface area contributed by atoms with Crippen molar-refractivity contribution in [1.29, 1.82) is 0 Å². The summed E-state index contributed by atoms with van der Waals surface area (Å²) in [6.45, 7) is 0.348. The van der Waals surface area contributed by atoms with E-state index in [1.54, 1.807) is 13.2 Å². The van der Waals surface area contributed by atoms with Gasteiger partial charge in [-0.05, 0) is 53.1 Å². The maximum atomic E-state index is 13.0. The van der Waals surface area contributed by atoms with Gasteiger partial charge in [-0.1, -0.05) is 30.3 Å². The first-order chi connectivity index (χ1) is 16.3. The topological polar surface area (TPSA) is 56.8 Å². The van der Waals surface area contributed by atoms with Gasteiger partial charge in [-0.25, -0.2) is 0 Å². The van der Waals surface area contributed by atoms with E-state index in [9.17, 15) is 18.0 Å². The van der Waals surface area contributed by atoms with Crippen LogP contribution in [0.3, 0.4) is 0 Å². The highest BCUT2D eigenvalue weighted by atomic mass is 19.4. The normalized spacial score (nSPS) is 17.2. The number of amides is 1. The summed E-state index contributed by atoms with van der Waals surface area (Å²) in [6, 6.07) is 16.9. The average molecular weight is 471 g/mol. The molecule has 0 saturated carbocycles. The number of rotatable bonds is 7. The fourth-order valence-electron chi connectivity index (χ4n) is 4.08. The summed E-state index contributed by atoms with van der Waals surface area (Å²) in [5.74, 6) is 0.589. The Bertz CT molecular complexity index is 1150. The fourth-order valence-corrected chi connectivity index (χ4v) is 4.08. The molecule has 1 aliphatic rings. The van der Waals surface area contributed by atoms with Gasteiger partial charge in [-0.2, -0.15) is 13.2 Å². The summed E-state index contributed by atoms with van der Waals surface area (Å²) < 4.78 is 55.7. The summed E-state index contributed by atoms with van der Waals surface area (Å²) in [7, 11) is 3.07. The maximum Gasteiger partial charge on any atom is 0.416 e. The summed E-state index contributed by atoms with van der Waals surface area (Å²) in [5, 5.41) is 2.94. The molecule has 34 heavy (non-hydrogen) atoms. The fraction of sp³-hybridized carbons (Fsp3) is 0.269. The molecular weight excluding hydrogens is 447 g/mol. The summed E-state index contributed by atoms with van der Waals surface area (Å²) >= 11 is 0. The highest BCUT2D eigenvalue weighted by Gasteiger charge is 2.36. The summed E-state index contributed by atoms with van der Waals surface area (Å²) in [6.07, 6.45) is -4.32. The number of halogens is 3. The predicted octanol–water partition coefficient (Wildman–Crippen LogP) is 5.34. The third kappa shape index (κ3) is 5.02. The zero-order valence-corrected chi connectivity index (χ0v) is 18.7. The van der Waals surface area contributed by atoms with Gasteiger partial charge < -0.3 is 19.5 Å². The van der Waals surface area contributed by atoms with Crippen LogP contribution in [0.25, 0.3) is 0 Å². The number of hydrogen-bond acceptors (Lipinski definition) is 4. The Hall–Kier alpha value is -3.52. The van der Waals surface area contributed by atoms with E-state index in [-0.39, 0.29) is 11.7 Å². The van der Waals surface area contributed by atoms with E-state index in [0.29, 0.717) is 24.5 Å². The Kier molecular flexibility index (Phi) is 6.79. The van der Waals surface area contributed by atoms with Crippen LogP contribution in [0.2, 0.25) is 0 Å². The lowest BCUT2D eigenvalue weighted by Crippen LogP contribution is -2.35. The van der Waals surface area contributed by atoms with Gasteiger partial charge in [-0.15, -0.1) is 0 Å². The Balaban J connectivity index is 1.60. The Morgan fingerprint density at radius 1 is 0.971 bits per heavy atom. The molecule has 178 valence electrons. The lowest BCUT2D eigenvalue weighted by molar-refractivity contribution is -0.137. The van der Waals surface area contributed by atoms with E-state index in [1.165, 1.54) is 19.2 Å². The molecule has 0 spiro atoms. The monoisotopic (exact) mass is 471 g/mol. The number of ether oxygens (including phenoxy) is 3. The smallest absolute Gasteiger partial charge is 0.416 e. The lowest BCUT2D eigenvalue weighted by atomic mass is 10.1. The highest BCUT2D eigenvalue weighted by Crippen LogP contribution is 2.41. The van der Waals surface area contributed by atoms with Crippen molar-refractivity contribution in [1.82, 2.24) is 5.32 Å². The van der Waals surface area contributed by atoms with Crippen LogP contribution in [-0.2, 0) is 23.9 Å². The van der Waals surface area contributed by atoms with Crippen molar-refractivity contribution >= 4 is 5.91 Å². The minimum absolute atomic E-state index is 0.128. The first-order valence-corrected chi connectivity index (χ1v) is 10.7. The van der Waals surface area contributed by atoms with Crippen LogP contribution in [0.1, 0.15) is 38.7 Å². The van der Waals surface area contributed by atoms with E-state index in [0.717, 1.165) is 28.8 Å². The predicted molar refractivity (Wildman–Crippen MR) is 120 cm³/mol. The van der Waals surface area contributed by atoms with E-state index in [2.05, 4.69) is 5.32 Å². The summed E-state index contributed by atoms with van der Waals surface area (Å²) in [5.41, 5.74) is 2.06. The second-order valence-corrected chi connectivity index (χ2v) is 7.97. The van der Waals surface area contributed by atoms with Crippen molar-refractivity contribution < 1.29 is 32.2 Å². The van der Waals surface area contributed by atoms with Gasteiger partial charge in [0.2, 0.25) is 0 Å². The number of methoxy groups -OCH3 is 2. The zero-order chi connectivity index (χ0) is 24.3. The molecule has 2 atom stereocenters. The van der Waals surface area contributed by atoms with E-state index < -0.39 is 23.7 Å². The van der Waals surface area contributed by atoms with Crippen LogP contribution in [-0.4, -0.2) is 26.2 Å². The van der Waals surface area contributed by atoms with Gasteiger partial charge >= 0.3 is 6.18 Å². The Labute approximate surface area is 195 Å². The second-order valence-electron chi connectivity index (χ2n) is 7.97. The number of hydrogen-bond donors (Lipinski definition) is 1. The standard InChI is InChI=1S/C26H24F3NO4/c1-32-21-12-18-13-23(34-15-16-6-4-3-5-7-16)24(20(18)14-22(21)33-2)30-25(31)17-8-10-19(11-9-17)26(27,28)29/h3-12,14,23-24H,13,15H2,1-2H3,(H,30,31)/t23-,24-/m1/s1. The molecule has 0 fully saturated rings. The first-order valence-electron chi connectivity index (χ1n) is 10.7. The third-order valence-corrected chi connectivity index (χ3v) is 5.84. The number of fused-ring (bicyclic) bond motifs is 1. The van der Waals surface area contributed by atoms with Gasteiger partial charge in [0, 0.05) is 12.0 Å². The summed E-state index contributed by atoms with van der Waals surface area (Å²) in [4.78, 5) is 13.0. The van der Waals surface area contributed by atoms with Crippen molar-refractivity contribution in [2.75, 3.05) is 14.2 Å². The van der Waals surface area contributed by atoms with Gasteiger partial charge in [-0.3, -0.25) is 4.79 Å². The molecule has 0 heterocycles. The van der Waals surface area contributed by atoms with E-state index in [4.69, 9.17) is 14.2 Å². The van der Waals surface area contributed by atoms with Gasteiger partial charge in [0.25, 0.3) is 5.91 Å². The van der Waals surface area contributed by atoms with Crippen LogP contribution in [0.4, 0.5) is 13.2 Å². The highest BCUT2D eigenvalue weighted by molar-refractivity contribution is 5.94. The molecule has 0 aliphatic heterocycles. The molecular formula is C26H24F3NO4. The maximum absolute atomic E-state index is 13.0. The molecule has 5 nitrogen and oxygen atoms in total. The molecule has 4 rings (SSSR count). The van der Waals surface area contributed by atoms with Crippen LogP contribution in [0, 0.1) is 0 Å². The Morgan fingerprint density at radius 3 is 2.24 bits per heavy atom. The molecule has 1 aliphatic carbocycles. The zero-order valence-electron chi connectivity index (χ0n) is 18.7. The van der Waals surface area contributed by atoms with Crippen LogP contribution >= 0.6 is 0 Å². The number of nitrogens with one attached hydrogen (secondary N) is 1. The first kappa shape index (κ1) is 23.6. The minimum Gasteiger partial charge on any atom is -0.493 e.